The van der Waals surface area contributed by atoms with Crippen LogP contribution in [0.25, 0.3) is 17.0 Å². The number of aromatic nitrogens is 2. The molecule has 4 nitrogen and oxygen atoms in total. The second kappa shape index (κ2) is 3.24. The molecule has 2 rings (SSSR count). The first-order valence-corrected chi connectivity index (χ1v) is 4.52. The van der Waals surface area contributed by atoms with E-state index in [1.54, 1.807) is 12.1 Å². The van der Waals surface area contributed by atoms with Gasteiger partial charge in [-0.3, -0.25) is 9.78 Å². The molecule has 2 N–H and O–H groups in total. The SMILES string of the molecule is C=Cc1c(C)ccc2c(=O)[nH]c(=O)[nH]c12. The molecule has 1 aromatic carbocycles. The number of hydrogen-bond acceptors (Lipinski definition) is 2. The van der Waals surface area contributed by atoms with Crippen molar-refractivity contribution in [2.75, 3.05) is 0 Å². The van der Waals surface area contributed by atoms with E-state index in [1.807, 2.05) is 13.0 Å². The molecule has 1 heterocycles. The molecule has 0 saturated heterocycles. The number of H-pyrrole nitrogens is 2. The van der Waals surface area contributed by atoms with Gasteiger partial charge in [-0.2, -0.15) is 0 Å². The van der Waals surface area contributed by atoms with Crippen molar-refractivity contribution in [2.45, 2.75) is 6.92 Å². The van der Waals surface area contributed by atoms with E-state index < -0.39 is 5.69 Å². The molecule has 2 aromatic rings. The van der Waals surface area contributed by atoms with Crippen LogP contribution < -0.4 is 11.2 Å². The number of hydrogen-bond donors (Lipinski definition) is 2. The second-order valence-corrected chi connectivity index (χ2v) is 3.33. The zero-order chi connectivity index (χ0) is 11.0. The van der Waals surface area contributed by atoms with Crippen LogP contribution in [0.2, 0.25) is 0 Å². The van der Waals surface area contributed by atoms with Crippen molar-refractivity contribution in [1.82, 2.24) is 9.97 Å². The van der Waals surface area contributed by atoms with E-state index in [-0.39, 0.29) is 5.56 Å². The van der Waals surface area contributed by atoms with E-state index in [9.17, 15) is 9.59 Å². The number of aryl methyl sites for hydroxylation is 1. The predicted molar refractivity (Wildman–Crippen MR) is 60.0 cm³/mol. The maximum atomic E-state index is 11.5. The minimum atomic E-state index is -0.499. The van der Waals surface area contributed by atoms with Crippen LogP contribution in [0.5, 0.6) is 0 Å². The third-order valence-electron chi connectivity index (χ3n) is 2.38. The molecule has 0 fully saturated rings. The molecule has 0 atom stereocenters. The summed E-state index contributed by atoms with van der Waals surface area (Å²) >= 11 is 0. The van der Waals surface area contributed by atoms with E-state index in [0.29, 0.717) is 10.9 Å². The number of fused-ring (bicyclic) bond motifs is 1. The molecule has 0 radical (unpaired) electrons. The monoisotopic (exact) mass is 202 g/mol. The van der Waals surface area contributed by atoms with Crippen LogP contribution in [-0.4, -0.2) is 9.97 Å². The van der Waals surface area contributed by atoms with Crippen LogP contribution >= 0.6 is 0 Å². The molecule has 0 aliphatic rings. The fourth-order valence-electron chi connectivity index (χ4n) is 1.63. The zero-order valence-electron chi connectivity index (χ0n) is 8.26. The Morgan fingerprint density at radius 3 is 2.67 bits per heavy atom. The maximum absolute atomic E-state index is 11.5. The standard InChI is InChI=1S/C11H10N2O2/c1-3-7-6(2)4-5-8-9(7)12-11(15)13-10(8)14/h3-5H,1H2,2H3,(H2,12,13,14,15). The van der Waals surface area contributed by atoms with Crippen LogP contribution in [0.4, 0.5) is 0 Å². The lowest BCUT2D eigenvalue weighted by atomic mass is 10.1. The van der Waals surface area contributed by atoms with Crippen molar-refractivity contribution in [3.05, 3.63) is 50.7 Å². The lowest BCUT2D eigenvalue weighted by Crippen LogP contribution is -2.22. The van der Waals surface area contributed by atoms with Gasteiger partial charge in [-0.1, -0.05) is 18.7 Å². The number of nitrogens with one attached hydrogen (secondary N) is 2. The molecule has 15 heavy (non-hydrogen) atoms. The summed E-state index contributed by atoms with van der Waals surface area (Å²) in [6.45, 7) is 5.57. The predicted octanol–water partition coefficient (Wildman–Crippen LogP) is 1.17. The van der Waals surface area contributed by atoms with Crippen LogP contribution in [0.3, 0.4) is 0 Å². The zero-order valence-corrected chi connectivity index (χ0v) is 8.26. The number of rotatable bonds is 1. The molecular weight excluding hydrogens is 192 g/mol. The minimum absolute atomic E-state index is 0.378. The Morgan fingerprint density at radius 1 is 1.27 bits per heavy atom. The van der Waals surface area contributed by atoms with Crippen LogP contribution in [0.1, 0.15) is 11.1 Å². The Kier molecular flexibility index (Phi) is 2.04. The Bertz CT molecular complexity index is 650. The molecule has 0 spiro atoms. The summed E-state index contributed by atoms with van der Waals surface area (Å²) < 4.78 is 0. The fourth-order valence-corrected chi connectivity index (χ4v) is 1.63. The van der Waals surface area contributed by atoms with Crippen LogP contribution in [-0.2, 0) is 0 Å². The van der Waals surface area contributed by atoms with Gasteiger partial charge in [0.15, 0.2) is 0 Å². The van der Waals surface area contributed by atoms with E-state index in [1.165, 1.54) is 0 Å². The molecule has 0 aliphatic heterocycles. The third-order valence-corrected chi connectivity index (χ3v) is 2.38. The Labute approximate surface area is 85.3 Å². The lowest BCUT2D eigenvalue weighted by molar-refractivity contribution is 1.08. The van der Waals surface area contributed by atoms with Gasteiger partial charge in [-0.15, -0.1) is 0 Å². The molecule has 0 bridgehead atoms. The highest BCUT2D eigenvalue weighted by Crippen LogP contribution is 2.17. The van der Waals surface area contributed by atoms with E-state index in [4.69, 9.17) is 0 Å². The fraction of sp³-hybridized carbons (Fsp3) is 0.0909. The van der Waals surface area contributed by atoms with Gasteiger partial charge in [0.05, 0.1) is 10.9 Å². The lowest BCUT2D eigenvalue weighted by Gasteiger charge is -2.04. The molecule has 76 valence electrons. The van der Waals surface area contributed by atoms with E-state index >= 15 is 0 Å². The minimum Gasteiger partial charge on any atom is -0.306 e. The van der Waals surface area contributed by atoms with Crippen molar-refractivity contribution in [2.24, 2.45) is 0 Å². The summed E-state index contributed by atoms with van der Waals surface area (Å²) in [5.41, 5.74) is 1.42. The molecule has 0 saturated carbocycles. The van der Waals surface area contributed by atoms with Gasteiger partial charge >= 0.3 is 5.69 Å². The van der Waals surface area contributed by atoms with E-state index in [0.717, 1.165) is 11.1 Å². The Hall–Kier alpha value is -2.10. The Morgan fingerprint density at radius 2 is 2.00 bits per heavy atom. The van der Waals surface area contributed by atoms with Crippen molar-refractivity contribution >= 4 is 17.0 Å². The summed E-state index contributed by atoms with van der Waals surface area (Å²) in [5.74, 6) is 0. The molecule has 1 aromatic heterocycles. The van der Waals surface area contributed by atoms with Gasteiger partial charge < -0.3 is 4.98 Å². The van der Waals surface area contributed by atoms with Crippen LogP contribution in [0.15, 0.2) is 28.3 Å². The highest BCUT2D eigenvalue weighted by molar-refractivity contribution is 5.87. The molecule has 0 amide bonds. The van der Waals surface area contributed by atoms with Gasteiger partial charge in [0.2, 0.25) is 0 Å². The van der Waals surface area contributed by atoms with Gasteiger partial charge in [0.1, 0.15) is 0 Å². The van der Waals surface area contributed by atoms with Gasteiger partial charge in [-0.25, -0.2) is 4.79 Å². The quantitative estimate of drug-likeness (QED) is 0.728. The average Bonchev–Trinajstić information content (AvgIpc) is 2.17. The highest BCUT2D eigenvalue weighted by atomic mass is 16.2. The second-order valence-electron chi connectivity index (χ2n) is 3.33. The maximum Gasteiger partial charge on any atom is 0.326 e. The molecule has 0 aliphatic carbocycles. The summed E-state index contributed by atoms with van der Waals surface area (Å²) in [7, 11) is 0. The van der Waals surface area contributed by atoms with Gasteiger partial charge in [0.25, 0.3) is 5.56 Å². The third kappa shape index (κ3) is 1.40. The van der Waals surface area contributed by atoms with Crippen molar-refractivity contribution < 1.29 is 0 Å². The van der Waals surface area contributed by atoms with Crippen molar-refractivity contribution in [1.29, 1.82) is 0 Å². The smallest absolute Gasteiger partial charge is 0.306 e. The van der Waals surface area contributed by atoms with Crippen molar-refractivity contribution in [3.8, 4) is 0 Å². The van der Waals surface area contributed by atoms with Gasteiger partial charge in [0, 0.05) is 5.56 Å². The molecular formula is C11H10N2O2. The average molecular weight is 202 g/mol. The first-order valence-electron chi connectivity index (χ1n) is 4.52. The Balaban J connectivity index is 3.11. The normalized spacial score (nSPS) is 10.5. The first-order chi connectivity index (χ1) is 7.13. The van der Waals surface area contributed by atoms with E-state index in [2.05, 4.69) is 16.5 Å². The summed E-state index contributed by atoms with van der Waals surface area (Å²) in [5, 5.41) is 0.468. The largest absolute Gasteiger partial charge is 0.326 e. The first kappa shape index (κ1) is 9.45. The van der Waals surface area contributed by atoms with Crippen LogP contribution in [0, 0.1) is 6.92 Å². The van der Waals surface area contributed by atoms with Crippen molar-refractivity contribution in [3.63, 3.8) is 0 Å². The number of benzene rings is 1. The topological polar surface area (TPSA) is 65.7 Å². The summed E-state index contributed by atoms with van der Waals surface area (Å²) in [6.07, 6.45) is 1.63. The highest BCUT2D eigenvalue weighted by Gasteiger charge is 2.05. The molecule has 0 unspecified atom stereocenters. The summed E-state index contributed by atoms with van der Waals surface area (Å²) in [4.78, 5) is 27.4. The summed E-state index contributed by atoms with van der Waals surface area (Å²) in [6, 6.07) is 3.51. The molecule has 4 heteroatoms. The van der Waals surface area contributed by atoms with Gasteiger partial charge in [-0.05, 0) is 18.6 Å². The number of aromatic amines is 2.